The predicted molar refractivity (Wildman–Crippen MR) is 95.1 cm³/mol. The third-order valence-corrected chi connectivity index (χ3v) is 5.15. The molecule has 0 spiro atoms. The quantitative estimate of drug-likeness (QED) is 0.669. The van der Waals surface area contributed by atoms with Crippen LogP contribution in [-0.2, 0) is 17.0 Å². The first-order valence-corrected chi connectivity index (χ1v) is 9.16. The number of aryl methyl sites for hydroxylation is 1. The molecule has 1 aliphatic heterocycles. The Kier molecular flexibility index (Phi) is 5.35. The monoisotopic (exact) mass is 343 g/mol. The summed E-state index contributed by atoms with van der Waals surface area (Å²) in [6, 6.07) is 10.0. The van der Waals surface area contributed by atoms with Gasteiger partial charge < -0.3 is 9.88 Å². The van der Waals surface area contributed by atoms with Gasteiger partial charge in [-0.25, -0.2) is 4.98 Å². The zero-order valence-electron chi connectivity index (χ0n) is 13.7. The molecule has 0 unspecified atom stereocenters. The van der Waals surface area contributed by atoms with Gasteiger partial charge in [-0.3, -0.25) is 9.59 Å². The first-order valence-electron chi connectivity index (χ1n) is 8.18. The summed E-state index contributed by atoms with van der Waals surface area (Å²) in [6.07, 6.45) is 2.24. The Hall–Kier alpha value is -2.08. The minimum atomic E-state index is -0.203. The molecule has 3 rings (SSSR count). The largest absolute Gasteiger partial charge is 0.342 e. The van der Waals surface area contributed by atoms with Crippen LogP contribution in [0.5, 0.6) is 0 Å². The van der Waals surface area contributed by atoms with Gasteiger partial charge in [0.1, 0.15) is 0 Å². The van der Waals surface area contributed by atoms with Gasteiger partial charge in [-0.05, 0) is 25.3 Å². The molecule has 1 fully saturated rings. The Morgan fingerprint density at radius 3 is 2.62 bits per heavy atom. The lowest BCUT2D eigenvalue weighted by molar-refractivity contribution is -0.129. The molecular formula is C18H21N3O2S. The Morgan fingerprint density at radius 1 is 1.25 bits per heavy atom. The van der Waals surface area contributed by atoms with Crippen molar-refractivity contribution >= 4 is 17.7 Å². The number of nitrogens with one attached hydrogen (secondary N) is 1. The maximum absolute atomic E-state index is 12.3. The number of carbonyl (C=O) groups excluding carboxylic acids is 1. The van der Waals surface area contributed by atoms with Crippen LogP contribution < -0.4 is 5.56 Å². The summed E-state index contributed by atoms with van der Waals surface area (Å²) in [5.74, 6) is 0.766. The molecule has 0 atom stereocenters. The standard InChI is InChI=1S/C18H21N3O2S/c1-13-15(11-16(22)21-9-5-6-10-21)17(23)20-18(19-13)24-12-14-7-3-2-4-8-14/h2-4,7-8H,5-6,9-12H2,1H3,(H,19,20,23). The average molecular weight is 343 g/mol. The molecular weight excluding hydrogens is 322 g/mol. The van der Waals surface area contributed by atoms with Crippen molar-refractivity contribution in [2.24, 2.45) is 0 Å². The van der Waals surface area contributed by atoms with Crippen LogP contribution in [0.25, 0.3) is 0 Å². The van der Waals surface area contributed by atoms with Gasteiger partial charge in [0.05, 0.1) is 6.42 Å². The van der Waals surface area contributed by atoms with Crippen LogP contribution in [0.1, 0.15) is 29.7 Å². The number of likely N-dealkylation sites (tertiary alicyclic amines) is 1. The molecule has 1 saturated heterocycles. The lowest BCUT2D eigenvalue weighted by atomic mass is 10.1. The molecule has 1 aromatic carbocycles. The highest BCUT2D eigenvalue weighted by Crippen LogP contribution is 2.19. The number of rotatable bonds is 5. The first kappa shape index (κ1) is 16.8. The third-order valence-electron chi connectivity index (χ3n) is 4.21. The average Bonchev–Trinajstić information content (AvgIpc) is 3.12. The Labute approximate surface area is 145 Å². The molecule has 0 radical (unpaired) electrons. The van der Waals surface area contributed by atoms with Crippen molar-refractivity contribution in [2.75, 3.05) is 13.1 Å². The van der Waals surface area contributed by atoms with E-state index in [-0.39, 0.29) is 17.9 Å². The third kappa shape index (κ3) is 4.06. The van der Waals surface area contributed by atoms with Crippen molar-refractivity contribution in [2.45, 2.75) is 37.1 Å². The number of nitrogens with zero attached hydrogens (tertiary/aromatic N) is 2. The van der Waals surface area contributed by atoms with Crippen molar-refractivity contribution in [3.8, 4) is 0 Å². The lowest BCUT2D eigenvalue weighted by Crippen LogP contribution is -2.31. The number of thioether (sulfide) groups is 1. The maximum atomic E-state index is 12.3. The molecule has 0 saturated carbocycles. The van der Waals surface area contributed by atoms with Crippen molar-refractivity contribution in [3.63, 3.8) is 0 Å². The predicted octanol–water partition coefficient (Wildman–Crippen LogP) is 2.54. The van der Waals surface area contributed by atoms with Gasteiger partial charge in [-0.1, -0.05) is 42.1 Å². The van der Waals surface area contributed by atoms with Crippen molar-refractivity contribution < 1.29 is 4.79 Å². The van der Waals surface area contributed by atoms with Crippen LogP contribution in [0.3, 0.4) is 0 Å². The van der Waals surface area contributed by atoms with Crippen LogP contribution in [0, 0.1) is 6.92 Å². The minimum Gasteiger partial charge on any atom is -0.342 e. The summed E-state index contributed by atoms with van der Waals surface area (Å²) in [5.41, 5.74) is 2.10. The van der Waals surface area contributed by atoms with Gasteiger partial charge in [0.15, 0.2) is 5.16 Å². The molecule has 6 heteroatoms. The highest BCUT2D eigenvalue weighted by Gasteiger charge is 2.20. The molecule has 1 aromatic heterocycles. The smallest absolute Gasteiger partial charge is 0.255 e. The van der Waals surface area contributed by atoms with E-state index in [1.165, 1.54) is 17.3 Å². The summed E-state index contributed by atoms with van der Waals surface area (Å²) in [6.45, 7) is 3.40. The zero-order valence-corrected chi connectivity index (χ0v) is 14.6. The molecule has 0 aliphatic carbocycles. The van der Waals surface area contributed by atoms with E-state index in [0.29, 0.717) is 16.4 Å². The maximum Gasteiger partial charge on any atom is 0.255 e. The van der Waals surface area contributed by atoms with Crippen molar-refractivity contribution in [1.82, 2.24) is 14.9 Å². The number of carbonyl (C=O) groups is 1. The molecule has 126 valence electrons. The van der Waals surface area contributed by atoms with E-state index in [1.807, 2.05) is 35.2 Å². The van der Waals surface area contributed by atoms with Gasteiger partial charge in [0.2, 0.25) is 5.91 Å². The van der Waals surface area contributed by atoms with Crippen molar-refractivity contribution in [1.29, 1.82) is 0 Å². The van der Waals surface area contributed by atoms with E-state index in [4.69, 9.17) is 0 Å². The normalized spacial score (nSPS) is 14.1. The number of aromatic nitrogens is 2. The summed E-state index contributed by atoms with van der Waals surface area (Å²) in [4.78, 5) is 33.7. The number of hydrogen-bond donors (Lipinski definition) is 1. The van der Waals surface area contributed by atoms with Crippen LogP contribution >= 0.6 is 11.8 Å². The number of aromatic amines is 1. The molecule has 24 heavy (non-hydrogen) atoms. The number of H-pyrrole nitrogens is 1. The molecule has 5 nitrogen and oxygen atoms in total. The molecule has 1 N–H and O–H groups in total. The molecule has 1 aliphatic rings. The van der Waals surface area contributed by atoms with Gasteiger partial charge in [-0.2, -0.15) is 0 Å². The van der Waals surface area contributed by atoms with Crippen LogP contribution in [-0.4, -0.2) is 33.9 Å². The Bertz CT molecular complexity index is 768. The Morgan fingerprint density at radius 2 is 1.96 bits per heavy atom. The van der Waals surface area contributed by atoms with Crippen molar-refractivity contribution in [3.05, 3.63) is 57.5 Å². The van der Waals surface area contributed by atoms with E-state index in [2.05, 4.69) is 9.97 Å². The fourth-order valence-corrected chi connectivity index (χ4v) is 3.68. The number of benzene rings is 1. The summed E-state index contributed by atoms with van der Waals surface area (Å²) < 4.78 is 0. The van der Waals surface area contributed by atoms with Gasteiger partial charge >= 0.3 is 0 Å². The number of hydrogen-bond acceptors (Lipinski definition) is 4. The van der Waals surface area contributed by atoms with E-state index in [9.17, 15) is 9.59 Å². The summed E-state index contributed by atoms with van der Waals surface area (Å²) in [7, 11) is 0. The highest BCUT2D eigenvalue weighted by atomic mass is 32.2. The second kappa shape index (κ2) is 7.66. The Balaban J connectivity index is 1.69. The second-order valence-corrected chi connectivity index (χ2v) is 6.94. The first-order chi connectivity index (χ1) is 11.6. The molecule has 1 amide bonds. The fraction of sp³-hybridized carbons (Fsp3) is 0.389. The second-order valence-electron chi connectivity index (χ2n) is 5.97. The minimum absolute atomic E-state index is 0.0209. The summed E-state index contributed by atoms with van der Waals surface area (Å²) >= 11 is 1.49. The van der Waals surface area contributed by atoms with Crippen LogP contribution in [0.2, 0.25) is 0 Å². The molecule has 2 heterocycles. The molecule has 2 aromatic rings. The SMILES string of the molecule is Cc1nc(SCc2ccccc2)[nH]c(=O)c1CC(=O)N1CCCC1. The lowest BCUT2D eigenvalue weighted by Gasteiger charge is -2.15. The highest BCUT2D eigenvalue weighted by molar-refractivity contribution is 7.98. The van der Waals surface area contributed by atoms with Crippen LogP contribution in [0.15, 0.2) is 40.3 Å². The van der Waals surface area contributed by atoms with E-state index >= 15 is 0 Å². The van der Waals surface area contributed by atoms with Gasteiger partial charge in [0, 0.05) is 30.1 Å². The fourth-order valence-electron chi connectivity index (χ4n) is 2.82. The van der Waals surface area contributed by atoms with Gasteiger partial charge in [0.25, 0.3) is 5.56 Å². The number of amides is 1. The summed E-state index contributed by atoms with van der Waals surface area (Å²) in [5, 5.41) is 0.596. The zero-order chi connectivity index (χ0) is 16.9. The molecule has 0 bridgehead atoms. The van der Waals surface area contributed by atoms with E-state index in [1.54, 1.807) is 6.92 Å². The topological polar surface area (TPSA) is 66.1 Å². The van der Waals surface area contributed by atoms with E-state index in [0.717, 1.165) is 31.7 Å². The van der Waals surface area contributed by atoms with Gasteiger partial charge in [-0.15, -0.1) is 0 Å². The van der Waals surface area contributed by atoms with E-state index < -0.39 is 0 Å². The van der Waals surface area contributed by atoms with Crippen LogP contribution in [0.4, 0.5) is 0 Å².